The third-order valence-corrected chi connectivity index (χ3v) is 5.07. The van der Waals surface area contributed by atoms with Gasteiger partial charge in [-0.25, -0.2) is 4.79 Å². The van der Waals surface area contributed by atoms with Gasteiger partial charge in [-0.05, 0) is 49.6 Å². The van der Waals surface area contributed by atoms with Crippen molar-refractivity contribution in [2.75, 3.05) is 25.0 Å². The number of carboxylic acids is 1. The highest BCUT2D eigenvalue weighted by molar-refractivity contribution is 5.87. The molecule has 0 atom stereocenters. The van der Waals surface area contributed by atoms with Gasteiger partial charge in [0.1, 0.15) is 0 Å². The highest BCUT2D eigenvalue weighted by Crippen LogP contribution is 2.21. The van der Waals surface area contributed by atoms with E-state index in [-0.39, 0.29) is 11.5 Å². The van der Waals surface area contributed by atoms with E-state index in [4.69, 9.17) is 5.11 Å². The molecule has 1 fully saturated rings. The predicted octanol–water partition coefficient (Wildman–Crippen LogP) is 2.15. The molecule has 1 aliphatic rings. The molecular weight excluding hydrogens is 344 g/mol. The molecule has 1 aromatic heterocycles. The average molecular weight is 368 g/mol. The van der Waals surface area contributed by atoms with Crippen molar-refractivity contribution in [3.8, 4) is 0 Å². The second-order valence-corrected chi connectivity index (χ2v) is 6.93. The van der Waals surface area contributed by atoms with Crippen molar-refractivity contribution in [3.05, 3.63) is 53.2 Å². The fraction of sp³-hybridized carbons (Fsp3) is 0.400. The van der Waals surface area contributed by atoms with Crippen LogP contribution in [0.1, 0.15) is 34.5 Å². The largest absolute Gasteiger partial charge is 0.478 e. The minimum atomic E-state index is -0.961. The Kier molecular flexibility index (Phi) is 5.69. The van der Waals surface area contributed by atoms with Gasteiger partial charge in [0.15, 0.2) is 5.82 Å². The van der Waals surface area contributed by atoms with E-state index in [9.17, 15) is 9.59 Å². The van der Waals surface area contributed by atoms with Crippen molar-refractivity contribution in [1.82, 2.24) is 15.1 Å². The Morgan fingerprint density at radius 2 is 1.78 bits per heavy atom. The monoisotopic (exact) mass is 368 g/mol. The molecule has 142 valence electrons. The number of aromatic carboxylic acids is 1. The lowest BCUT2D eigenvalue weighted by Gasteiger charge is -2.37. The van der Waals surface area contributed by atoms with Gasteiger partial charge in [-0.2, -0.15) is 5.10 Å². The first-order valence-corrected chi connectivity index (χ1v) is 9.07. The number of carboxylic acid groups (broad SMARTS) is 1. The molecule has 7 nitrogen and oxygen atoms in total. The maximum atomic E-state index is 12.5. The molecule has 0 spiro atoms. The number of nitrogens with zero attached hydrogens (tertiary/aromatic N) is 4. The van der Waals surface area contributed by atoms with Gasteiger partial charge >= 0.3 is 5.97 Å². The molecule has 1 aliphatic heterocycles. The van der Waals surface area contributed by atoms with Crippen LogP contribution in [0.15, 0.2) is 36.4 Å². The smallest absolute Gasteiger partial charge is 0.335 e. The quantitative estimate of drug-likeness (QED) is 0.870. The van der Waals surface area contributed by atoms with E-state index in [1.54, 1.807) is 12.1 Å². The summed E-state index contributed by atoms with van der Waals surface area (Å²) < 4.78 is 0. The van der Waals surface area contributed by atoms with Crippen molar-refractivity contribution < 1.29 is 14.7 Å². The molecule has 0 saturated carbocycles. The van der Waals surface area contributed by atoms with Gasteiger partial charge < -0.3 is 14.9 Å². The SMILES string of the molecule is Cc1ccc(N(C)C2CCN(C(=O)Cc3ccc(C(=O)O)cc3)CC2)nn1. The molecule has 0 radical (unpaired) electrons. The molecule has 2 aromatic rings. The number of amides is 1. The number of benzene rings is 1. The molecule has 7 heteroatoms. The minimum absolute atomic E-state index is 0.0781. The number of carbonyl (C=O) groups is 2. The van der Waals surface area contributed by atoms with Gasteiger partial charge in [0.2, 0.25) is 5.91 Å². The van der Waals surface area contributed by atoms with E-state index in [1.807, 2.05) is 31.0 Å². The number of hydrogen-bond donors (Lipinski definition) is 1. The van der Waals surface area contributed by atoms with E-state index in [0.717, 1.165) is 29.9 Å². The summed E-state index contributed by atoms with van der Waals surface area (Å²) in [5.41, 5.74) is 1.96. The van der Waals surface area contributed by atoms with Gasteiger partial charge in [0.05, 0.1) is 17.7 Å². The highest BCUT2D eigenvalue weighted by Gasteiger charge is 2.26. The van der Waals surface area contributed by atoms with E-state index in [2.05, 4.69) is 15.1 Å². The van der Waals surface area contributed by atoms with Crippen molar-refractivity contribution >= 4 is 17.7 Å². The Balaban J connectivity index is 1.53. The number of rotatable bonds is 5. The average Bonchev–Trinajstić information content (AvgIpc) is 2.68. The molecule has 1 N–H and O–H groups in total. The van der Waals surface area contributed by atoms with Crippen LogP contribution < -0.4 is 4.90 Å². The third-order valence-electron chi connectivity index (χ3n) is 5.07. The number of carbonyl (C=O) groups excluding carboxylic acids is 1. The molecule has 1 aromatic carbocycles. The molecule has 27 heavy (non-hydrogen) atoms. The molecule has 1 amide bonds. The first kappa shape index (κ1) is 18.8. The Morgan fingerprint density at radius 3 is 2.33 bits per heavy atom. The van der Waals surface area contributed by atoms with Gasteiger partial charge in [-0.1, -0.05) is 12.1 Å². The van der Waals surface area contributed by atoms with Crippen LogP contribution in [0.4, 0.5) is 5.82 Å². The highest BCUT2D eigenvalue weighted by atomic mass is 16.4. The van der Waals surface area contributed by atoms with E-state index < -0.39 is 5.97 Å². The zero-order valence-electron chi connectivity index (χ0n) is 15.6. The summed E-state index contributed by atoms with van der Waals surface area (Å²) in [7, 11) is 2.02. The molecule has 3 rings (SSSR count). The van der Waals surface area contributed by atoms with Crippen LogP contribution >= 0.6 is 0 Å². The molecule has 0 bridgehead atoms. The van der Waals surface area contributed by atoms with Crippen LogP contribution in [-0.2, 0) is 11.2 Å². The lowest BCUT2D eigenvalue weighted by Crippen LogP contribution is -2.46. The third kappa shape index (κ3) is 4.61. The fourth-order valence-corrected chi connectivity index (χ4v) is 3.32. The number of anilines is 1. The molecule has 0 unspecified atom stereocenters. The molecule has 1 saturated heterocycles. The van der Waals surface area contributed by atoms with Crippen LogP contribution in [-0.4, -0.2) is 58.3 Å². The topological polar surface area (TPSA) is 86.6 Å². The Bertz CT molecular complexity index is 797. The number of piperidine rings is 1. The van der Waals surface area contributed by atoms with E-state index >= 15 is 0 Å². The zero-order chi connectivity index (χ0) is 19.4. The van der Waals surface area contributed by atoms with Crippen molar-refractivity contribution in [1.29, 1.82) is 0 Å². The van der Waals surface area contributed by atoms with E-state index in [1.165, 1.54) is 12.1 Å². The van der Waals surface area contributed by atoms with Crippen LogP contribution in [0.2, 0.25) is 0 Å². The number of aryl methyl sites for hydroxylation is 1. The number of hydrogen-bond acceptors (Lipinski definition) is 5. The summed E-state index contributed by atoms with van der Waals surface area (Å²) >= 11 is 0. The van der Waals surface area contributed by atoms with Gasteiger partial charge in [-0.15, -0.1) is 5.10 Å². The summed E-state index contributed by atoms with van der Waals surface area (Å²) in [4.78, 5) is 27.5. The molecule has 2 heterocycles. The number of likely N-dealkylation sites (tertiary alicyclic amines) is 1. The Morgan fingerprint density at radius 1 is 1.11 bits per heavy atom. The first-order valence-electron chi connectivity index (χ1n) is 9.07. The second kappa shape index (κ2) is 8.16. The Hall–Kier alpha value is -2.96. The summed E-state index contributed by atoms with van der Waals surface area (Å²) in [5.74, 6) is -0.0319. The van der Waals surface area contributed by atoms with Crippen LogP contribution in [0.5, 0.6) is 0 Å². The lowest BCUT2D eigenvalue weighted by atomic mass is 10.0. The van der Waals surface area contributed by atoms with Crippen LogP contribution in [0.25, 0.3) is 0 Å². The lowest BCUT2D eigenvalue weighted by molar-refractivity contribution is -0.131. The zero-order valence-corrected chi connectivity index (χ0v) is 15.6. The predicted molar refractivity (Wildman–Crippen MR) is 102 cm³/mol. The summed E-state index contributed by atoms with van der Waals surface area (Å²) in [6.07, 6.45) is 2.06. The summed E-state index contributed by atoms with van der Waals surface area (Å²) in [5, 5.41) is 17.3. The normalized spacial score (nSPS) is 14.8. The fourth-order valence-electron chi connectivity index (χ4n) is 3.32. The van der Waals surface area contributed by atoms with Crippen LogP contribution in [0.3, 0.4) is 0 Å². The van der Waals surface area contributed by atoms with E-state index in [0.29, 0.717) is 25.6 Å². The van der Waals surface area contributed by atoms with Crippen molar-refractivity contribution in [2.45, 2.75) is 32.2 Å². The maximum Gasteiger partial charge on any atom is 0.335 e. The molecular formula is C20H24N4O3. The molecule has 0 aliphatic carbocycles. The van der Waals surface area contributed by atoms with Gasteiger partial charge in [0, 0.05) is 26.2 Å². The van der Waals surface area contributed by atoms with Crippen LogP contribution in [0, 0.1) is 6.92 Å². The Labute approximate surface area is 158 Å². The maximum absolute atomic E-state index is 12.5. The standard InChI is InChI=1S/C20H24N4O3/c1-14-3-8-18(22-21-14)23(2)17-9-11-24(12-10-17)19(25)13-15-4-6-16(7-5-15)20(26)27/h3-8,17H,9-13H2,1-2H3,(H,26,27). The van der Waals surface area contributed by atoms with Crippen molar-refractivity contribution in [2.24, 2.45) is 0 Å². The number of aromatic nitrogens is 2. The first-order chi connectivity index (χ1) is 12.9. The van der Waals surface area contributed by atoms with Crippen molar-refractivity contribution in [3.63, 3.8) is 0 Å². The minimum Gasteiger partial charge on any atom is -0.478 e. The summed E-state index contributed by atoms with van der Waals surface area (Å²) in [6, 6.07) is 10.7. The second-order valence-electron chi connectivity index (χ2n) is 6.93. The van der Waals surface area contributed by atoms with Gasteiger partial charge in [-0.3, -0.25) is 4.79 Å². The summed E-state index contributed by atoms with van der Waals surface area (Å²) in [6.45, 7) is 3.33. The van der Waals surface area contributed by atoms with Gasteiger partial charge in [0.25, 0.3) is 0 Å².